The lowest BCUT2D eigenvalue weighted by atomic mass is 10.1. The van der Waals surface area contributed by atoms with E-state index in [4.69, 9.17) is 0 Å². The lowest BCUT2D eigenvalue weighted by Gasteiger charge is -2.17. The van der Waals surface area contributed by atoms with Crippen molar-refractivity contribution in [1.29, 1.82) is 0 Å². The third-order valence-electron chi connectivity index (χ3n) is 3.79. The van der Waals surface area contributed by atoms with Gasteiger partial charge in [0.05, 0.1) is 0 Å². The Balaban J connectivity index is 1.63. The van der Waals surface area contributed by atoms with Gasteiger partial charge in [0.25, 0.3) is 0 Å². The molecule has 4 heteroatoms. The van der Waals surface area contributed by atoms with Gasteiger partial charge in [0.2, 0.25) is 0 Å². The van der Waals surface area contributed by atoms with Crippen LogP contribution in [0.3, 0.4) is 0 Å². The van der Waals surface area contributed by atoms with Gasteiger partial charge < -0.3 is 9.47 Å². The van der Waals surface area contributed by atoms with E-state index in [-0.39, 0.29) is 0 Å². The minimum atomic E-state index is 1.08. The summed E-state index contributed by atoms with van der Waals surface area (Å²) >= 11 is 0. The average molecular weight is 220 g/mol. The summed E-state index contributed by atoms with van der Waals surface area (Å²) in [4.78, 5) is 2.55. The molecular formula is C12H20N4. The van der Waals surface area contributed by atoms with Crippen LogP contribution in [0.1, 0.15) is 37.3 Å². The maximum absolute atomic E-state index is 4.35. The van der Waals surface area contributed by atoms with Gasteiger partial charge in [-0.1, -0.05) is 0 Å². The molecule has 0 radical (unpaired) electrons. The smallest absolute Gasteiger partial charge is 0.134 e. The largest absolute Gasteiger partial charge is 0.315 e. The number of fused-ring (bicyclic) bond motifs is 1. The highest BCUT2D eigenvalue weighted by Crippen LogP contribution is 2.15. The predicted octanol–water partition coefficient (Wildman–Crippen LogP) is 1.25. The molecule has 88 valence electrons. The van der Waals surface area contributed by atoms with Crippen molar-refractivity contribution in [3.63, 3.8) is 0 Å². The van der Waals surface area contributed by atoms with Gasteiger partial charge >= 0.3 is 0 Å². The van der Waals surface area contributed by atoms with Crippen LogP contribution in [0.2, 0.25) is 0 Å². The Morgan fingerprint density at radius 2 is 1.75 bits per heavy atom. The predicted molar refractivity (Wildman–Crippen MR) is 62.3 cm³/mol. The van der Waals surface area contributed by atoms with E-state index < -0.39 is 0 Å². The second-order valence-corrected chi connectivity index (χ2v) is 4.94. The Kier molecular flexibility index (Phi) is 2.91. The Bertz CT molecular complexity index is 352. The van der Waals surface area contributed by atoms with Crippen LogP contribution in [0.25, 0.3) is 0 Å². The first-order valence-electron chi connectivity index (χ1n) is 6.57. The van der Waals surface area contributed by atoms with E-state index in [0.717, 1.165) is 25.9 Å². The highest BCUT2D eigenvalue weighted by Gasteiger charge is 2.17. The number of rotatable bonds is 3. The number of nitrogens with zero attached hydrogens (tertiary/aromatic N) is 4. The van der Waals surface area contributed by atoms with Crippen molar-refractivity contribution in [1.82, 2.24) is 19.7 Å². The molecule has 0 aromatic carbocycles. The fraction of sp³-hybridized carbons (Fsp3) is 0.833. The molecule has 0 amide bonds. The number of likely N-dealkylation sites (tertiary alicyclic amines) is 1. The molecule has 0 unspecified atom stereocenters. The Labute approximate surface area is 96.7 Å². The van der Waals surface area contributed by atoms with Crippen LogP contribution in [0.4, 0.5) is 0 Å². The topological polar surface area (TPSA) is 34.0 Å². The SMILES string of the molecule is C1CCn2c(nnc2CCN2CCCC2)C1. The minimum Gasteiger partial charge on any atom is -0.315 e. The molecular weight excluding hydrogens is 200 g/mol. The fourth-order valence-corrected chi connectivity index (χ4v) is 2.82. The van der Waals surface area contributed by atoms with E-state index in [0.29, 0.717) is 0 Å². The van der Waals surface area contributed by atoms with E-state index in [9.17, 15) is 0 Å². The molecule has 0 N–H and O–H groups in total. The molecule has 0 atom stereocenters. The van der Waals surface area contributed by atoms with Crippen molar-refractivity contribution in [3.05, 3.63) is 11.6 Å². The lowest BCUT2D eigenvalue weighted by molar-refractivity contribution is 0.337. The van der Waals surface area contributed by atoms with Crippen molar-refractivity contribution >= 4 is 0 Å². The molecule has 3 heterocycles. The number of hydrogen-bond acceptors (Lipinski definition) is 3. The molecule has 0 spiro atoms. The number of aryl methyl sites for hydroxylation is 1. The fourth-order valence-electron chi connectivity index (χ4n) is 2.82. The Hall–Kier alpha value is -0.900. The van der Waals surface area contributed by atoms with Gasteiger partial charge in [0.1, 0.15) is 11.6 Å². The maximum Gasteiger partial charge on any atom is 0.134 e. The van der Waals surface area contributed by atoms with Crippen LogP contribution in [0.15, 0.2) is 0 Å². The first-order chi connectivity index (χ1) is 7.93. The van der Waals surface area contributed by atoms with Gasteiger partial charge in [0.15, 0.2) is 0 Å². The van der Waals surface area contributed by atoms with Gasteiger partial charge in [-0.3, -0.25) is 0 Å². The molecule has 2 aliphatic rings. The van der Waals surface area contributed by atoms with Gasteiger partial charge in [-0.15, -0.1) is 10.2 Å². The monoisotopic (exact) mass is 220 g/mol. The lowest BCUT2D eigenvalue weighted by Crippen LogP contribution is -2.23. The molecule has 2 aliphatic heterocycles. The summed E-state index contributed by atoms with van der Waals surface area (Å²) < 4.78 is 2.35. The standard InChI is InChI=1S/C12H20N4/c1-2-9-16-11(5-1)13-14-12(16)6-10-15-7-3-4-8-15/h1-10H2. The molecule has 4 nitrogen and oxygen atoms in total. The van der Waals surface area contributed by atoms with Crippen molar-refractivity contribution in [2.75, 3.05) is 19.6 Å². The summed E-state index contributed by atoms with van der Waals surface area (Å²) in [5.41, 5.74) is 0. The van der Waals surface area contributed by atoms with E-state index in [1.54, 1.807) is 0 Å². The Morgan fingerprint density at radius 1 is 0.938 bits per heavy atom. The summed E-state index contributed by atoms with van der Waals surface area (Å²) in [6.07, 6.45) is 7.52. The third kappa shape index (κ3) is 1.98. The first-order valence-corrected chi connectivity index (χ1v) is 6.57. The summed E-state index contributed by atoms with van der Waals surface area (Å²) in [6.45, 7) is 4.86. The van der Waals surface area contributed by atoms with Gasteiger partial charge in [0, 0.05) is 25.9 Å². The zero-order valence-corrected chi connectivity index (χ0v) is 9.86. The molecule has 1 saturated heterocycles. The van der Waals surface area contributed by atoms with Gasteiger partial charge in [-0.25, -0.2) is 0 Å². The van der Waals surface area contributed by atoms with Gasteiger partial charge in [-0.05, 0) is 38.8 Å². The summed E-state index contributed by atoms with van der Waals surface area (Å²) in [5, 5.41) is 8.64. The average Bonchev–Trinajstić information content (AvgIpc) is 2.96. The quantitative estimate of drug-likeness (QED) is 0.769. The second-order valence-electron chi connectivity index (χ2n) is 4.94. The van der Waals surface area contributed by atoms with Crippen molar-refractivity contribution in [2.24, 2.45) is 0 Å². The third-order valence-corrected chi connectivity index (χ3v) is 3.79. The number of aromatic nitrogens is 3. The van der Waals surface area contributed by atoms with Crippen LogP contribution >= 0.6 is 0 Å². The van der Waals surface area contributed by atoms with Crippen molar-refractivity contribution in [3.8, 4) is 0 Å². The van der Waals surface area contributed by atoms with E-state index in [1.165, 1.54) is 50.4 Å². The molecule has 1 aromatic rings. The Morgan fingerprint density at radius 3 is 2.62 bits per heavy atom. The second kappa shape index (κ2) is 4.53. The number of hydrogen-bond donors (Lipinski definition) is 0. The zero-order chi connectivity index (χ0) is 10.8. The molecule has 1 aromatic heterocycles. The highest BCUT2D eigenvalue weighted by molar-refractivity contribution is 4.99. The minimum absolute atomic E-state index is 1.08. The normalized spacial score (nSPS) is 21.2. The van der Waals surface area contributed by atoms with E-state index in [1.807, 2.05) is 0 Å². The van der Waals surface area contributed by atoms with Crippen LogP contribution in [0.5, 0.6) is 0 Å². The molecule has 1 fully saturated rings. The highest BCUT2D eigenvalue weighted by atomic mass is 15.3. The van der Waals surface area contributed by atoms with Gasteiger partial charge in [-0.2, -0.15) is 0 Å². The zero-order valence-electron chi connectivity index (χ0n) is 9.86. The summed E-state index contributed by atoms with van der Waals surface area (Å²) in [6, 6.07) is 0. The van der Waals surface area contributed by atoms with E-state index in [2.05, 4.69) is 19.7 Å². The van der Waals surface area contributed by atoms with Crippen LogP contribution < -0.4 is 0 Å². The van der Waals surface area contributed by atoms with Crippen LogP contribution in [0, 0.1) is 0 Å². The summed E-state index contributed by atoms with van der Waals surface area (Å²) in [5.74, 6) is 2.42. The van der Waals surface area contributed by atoms with E-state index >= 15 is 0 Å². The maximum atomic E-state index is 4.35. The summed E-state index contributed by atoms with van der Waals surface area (Å²) in [7, 11) is 0. The molecule has 0 saturated carbocycles. The molecule has 0 bridgehead atoms. The first kappa shape index (κ1) is 10.3. The van der Waals surface area contributed by atoms with Crippen molar-refractivity contribution in [2.45, 2.75) is 45.1 Å². The molecule has 0 aliphatic carbocycles. The van der Waals surface area contributed by atoms with Crippen LogP contribution in [-0.2, 0) is 19.4 Å². The molecule has 16 heavy (non-hydrogen) atoms. The van der Waals surface area contributed by atoms with Crippen LogP contribution in [-0.4, -0.2) is 39.3 Å². The molecule has 3 rings (SSSR count). The van der Waals surface area contributed by atoms with Crippen molar-refractivity contribution < 1.29 is 0 Å².